The third-order valence-electron chi connectivity index (χ3n) is 5.58. The first-order chi connectivity index (χ1) is 10.5. The van der Waals surface area contributed by atoms with Crippen molar-refractivity contribution in [1.82, 2.24) is 4.90 Å². The van der Waals surface area contributed by atoms with Crippen molar-refractivity contribution in [2.24, 2.45) is 22.5 Å². The van der Waals surface area contributed by atoms with E-state index in [-0.39, 0.29) is 42.1 Å². The molecule has 0 aromatic carbocycles. The molecular weight excluding hydrogens is 302 g/mol. The summed E-state index contributed by atoms with van der Waals surface area (Å²) in [5, 5.41) is 0. The Kier molecular flexibility index (Phi) is 3.58. The molecule has 0 aromatic rings. The van der Waals surface area contributed by atoms with Crippen molar-refractivity contribution in [2.45, 2.75) is 51.9 Å². The Morgan fingerprint density at radius 2 is 2.04 bits per heavy atom. The summed E-state index contributed by atoms with van der Waals surface area (Å²) < 4.78 is 26.7. The van der Waals surface area contributed by atoms with E-state index in [1.54, 1.807) is 11.0 Å². The van der Waals surface area contributed by atoms with Gasteiger partial charge in [-0.3, -0.25) is 9.59 Å². The van der Waals surface area contributed by atoms with E-state index in [2.05, 4.69) is 0 Å². The largest absolute Gasteiger partial charge is 0.396 e. The van der Waals surface area contributed by atoms with Gasteiger partial charge < -0.3 is 10.6 Å². The Hall–Kier alpha value is -1.46. The summed E-state index contributed by atoms with van der Waals surface area (Å²) in [4.78, 5) is 26.4. The van der Waals surface area contributed by atoms with E-state index in [1.165, 1.54) is 0 Å². The lowest BCUT2D eigenvalue weighted by atomic mass is 9.65. The molecule has 1 amide bonds. The summed E-state index contributed by atoms with van der Waals surface area (Å²) in [6.45, 7) is 4.78. The van der Waals surface area contributed by atoms with Gasteiger partial charge in [0.15, 0.2) is 5.78 Å². The van der Waals surface area contributed by atoms with Crippen LogP contribution in [0.5, 0.6) is 0 Å². The molecule has 1 heterocycles. The normalized spacial score (nSPS) is 35.7. The summed E-state index contributed by atoms with van der Waals surface area (Å²) in [6, 6.07) is 0. The van der Waals surface area contributed by atoms with Crippen molar-refractivity contribution in [3.8, 4) is 0 Å². The molecular formula is C17H24F2N2O2. The van der Waals surface area contributed by atoms with Gasteiger partial charge in [0.05, 0.1) is 5.70 Å². The molecule has 1 saturated heterocycles. The lowest BCUT2D eigenvalue weighted by Crippen LogP contribution is -2.43. The van der Waals surface area contributed by atoms with E-state index in [1.807, 2.05) is 13.8 Å². The fourth-order valence-electron chi connectivity index (χ4n) is 4.56. The van der Waals surface area contributed by atoms with Crippen molar-refractivity contribution in [2.75, 3.05) is 13.1 Å². The Balaban J connectivity index is 1.74. The number of hydrogen-bond donors (Lipinski definition) is 1. The van der Waals surface area contributed by atoms with Crippen LogP contribution in [-0.2, 0) is 9.59 Å². The Morgan fingerprint density at radius 3 is 2.61 bits per heavy atom. The molecule has 1 spiro atoms. The number of allylic oxidation sites excluding steroid dienone is 1. The smallest absolute Gasteiger partial charge is 0.248 e. The maximum absolute atomic E-state index is 13.4. The topological polar surface area (TPSA) is 63.4 Å². The maximum atomic E-state index is 13.4. The van der Waals surface area contributed by atoms with Crippen LogP contribution in [0.1, 0.15) is 46.0 Å². The maximum Gasteiger partial charge on any atom is 0.248 e. The summed E-state index contributed by atoms with van der Waals surface area (Å²) in [7, 11) is 0. The molecule has 23 heavy (non-hydrogen) atoms. The average Bonchev–Trinajstić information content (AvgIpc) is 2.99. The minimum Gasteiger partial charge on any atom is -0.396 e. The second kappa shape index (κ2) is 5.02. The molecule has 3 aliphatic rings. The summed E-state index contributed by atoms with van der Waals surface area (Å²) in [5.74, 6) is -3.50. The van der Waals surface area contributed by atoms with Crippen LogP contribution in [0.25, 0.3) is 0 Å². The number of halogens is 2. The van der Waals surface area contributed by atoms with Gasteiger partial charge in [0, 0.05) is 42.7 Å². The van der Waals surface area contributed by atoms with Crippen molar-refractivity contribution >= 4 is 11.7 Å². The van der Waals surface area contributed by atoms with Gasteiger partial charge in [0.25, 0.3) is 0 Å². The Labute approximate surface area is 135 Å². The van der Waals surface area contributed by atoms with E-state index in [4.69, 9.17) is 5.73 Å². The highest BCUT2D eigenvalue weighted by Crippen LogP contribution is 2.48. The van der Waals surface area contributed by atoms with Crippen molar-refractivity contribution < 1.29 is 18.4 Å². The lowest BCUT2D eigenvalue weighted by Gasteiger charge is -2.39. The minimum absolute atomic E-state index is 0.0525. The van der Waals surface area contributed by atoms with Gasteiger partial charge in [0.1, 0.15) is 0 Å². The quantitative estimate of drug-likeness (QED) is 0.805. The molecule has 2 fully saturated rings. The Bertz CT molecular complexity index is 585. The summed E-state index contributed by atoms with van der Waals surface area (Å²) in [5.41, 5.74) is 5.33. The number of hydrogen-bond acceptors (Lipinski definition) is 3. The van der Waals surface area contributed by atoms with E-state index < -0.39 is 17.3 Å². The molecule has 0 aromatic heterocycles. The third-order valence-corrected chi connectivity index (χ3v) is 5.58. The second-order valence-corrected chi connectivity index (χ2v) is 8.16. The molecule has 1 saturated carbocycles. The number of alkyl halides is 2. The number of likely N-dealkylation sites (tertiary alicyclic amines) is 1. The van der Waals surface area contributed by atoms with Gasteiger partial charge in [-0.2, -0.15) is 0 Å². The number of ketones is 1. The van der Waals surface area contributed by atoms with Crippen LogP contribution < -0.4 is 5.73 Å². The highest BCUT2D eigenvalue weighted by molar-refractivity contribution is 5.99. The van der Waals surface area contributed by atoms with Gasteiger partial charge in [-0.05, 0) is 25.3 Å². The molecule has 2 atom stereocenters. The fourth-order valence-corrected chi connectivity index (χ4v) is 4.56. The van der Waals surface area contributed by atoms with Crippen molar-refractivity contribution in [3.63, 3.8) is 0 Å². The van der Waals surface area contributed by atoms with Crippen LogP contribution in [0.4, 0.5) is 8.78 Å². The van der Waals surface area contributed by atoms with Gasteiger partial charge in [-0.15, -0.1) is 0 Å². The highest BCUT2D eigenvalue weighted by atomic mass is 19.3. The Morgan fingerprint density at radius 1 is 1.35 bits per heavy atom. The molecule has 3 rings (SSSR count). The minimum atomic E-state index is -2.71. The number of nitrogens with zero attached hydrogens (tertiary/aromatic N) is 1. The first-order valence-electron chi connectivity index (χ1n) is 8.23. The zero-order valence-electron chi connectivity index (χ0n) is 13.7. The summed E-state index contributed by atoms with van der Waals surface area (Å²) >= 11 is 0. The van der Waals surface area contributed by atoms with E-state index in [0.717, 1.165) is 6.42 Å². The highest BCUT2D eigenvalue weighted by Gasteiger charge is 2.50. The van der Waals surface area contributed by atoms with Gasteiger partial charge in [-0.25, -0.2) is 8.78 Å². The van der Waals surface area contributed by atoms with Crippen LogP contribution in [0.15, 0.2) is 11.8 Å². The van der Waals surface area contributed by atoms with Gasteiger partial charge in [0.2, 0.25) is 11.8 Å². The van der Waals surface area contributed by atoms with Crippen LogP contribution in [0, 0.1) is 16.7 Å². The first kappa shape index (κ1) is 16.4. The number of Topliss-reactive ketones (excluding diaryl/α,β-unsaturated/α-hetero) is 1. The standard InChI is InChI=1S/C17H24F2N2O2/c1-15(2)9-16(8-12(20)13(15)22)5-6-21(10-16)14(23)11-3-4-17(18,19)7-11/h8,11H,3-7,9-10,20H2,1-2H3/t11?,16-/m0/s1. The number of carbonyl (C=O) groups excluding carboxylic acids is 2. The molecule has 1 unspecified atom stereocenters. The fraction of sp³-hybridized carbons (Fsp3) is 0.765. The predicted octanol–water partition coefficient (Wildman–Crippen LogP) is 2.48. The van der Waals surface area contributed by atoms with Gasteiger partial charge in [-0.1, -0.05) is 13.8 Å². The number of rotatable bonds is 1. The van der Waals surface area contributed by atoms with Gasteiger partial charge >= 0.3 is 0 Å². The molecule has 2 aliphatic carbocycles. The van der Waals surface area contributed by atoms with Crippen LogP contribution in [-0.4, -0.2) is 35.6 Å². The number of amides is 1. The third kappa shape index (κ3) is 2.88. The van der Waals surface area contributed by atoms with E-state index >= 15 is 0 Å². The number of nitrogens with two attached hydrogens (primary N) is 1. The lowest BCUT2D eigenvalue weighted by molar-refractivity contribution is -0.135. The SMILES string of the molecule is CC1(C)C[C@@]2(C=C(N)C1=O)CCN(C(=O)C1CCC(F)(F)C1)C2. The molecule has 1 aliphatic heterocycles. The zero-order chi connectivity index (χ0) is 17.0. The number of carbonyl (C=O) groups is 2. The summed E-state index contributed by atoms with van der Waals surface area (Å²) in [6.07, 6.45) is 2.91. The van der Waals surface area contributed by atoms with E-state index in [9.17, 15) is 18.4 Å². The van der Waals surface area contributed by atoms with Crippen LogP contribution >= 0.6 is 0 Å². The molecule has 6 heteroatoms. The van der Waals surface area contributed by atoms with E-state index in [0.29, 0.717) is 19.5 Å². The monoisotopic (exact) mass is 326 g/mol. The molecule has 0 radical (unpaired) electrons. The predicted molar refractivity (Wildman–Crippen MR) is 81.6 cm³/mol. The second-order valence-electron chi connectivity index (χ2n) is 8.16. The molecule has 4 nitrogen and oxygen atoms in total. The van der Waals surface area contributed by atoms with Crippen molar-refractivity contribution in [3.05, 3.63) is 11.8 Å². The average molecular weight is 326 g/mol. The molecule has 2 N–H and O–H groups in total. The van der Waals surface area contributed by atoms with Crippen molar-refractivity contribution in [1.29, 1.82) is 0 Å². The zero-order valence-corrected chi connectivity index (χ0v) is 13.7. The van der Waals surface area contributed by atoms with Crippen LogP contribution in [0.3, 0.4) is 0 Å². The first-order valence-corrected chi connectivity index (χ1v) is 8.23. The molecule has 0 bridgehead atoms. The molecule has 128 valence electrons. The van der Waals surface area contributed by atoms with Crippen LogP contribution in [0.2, 0.25) is 0 Å².